The third-order valence-electron chi connectivity index (χ3n) is 4.11. The highest BCUT2D eigenvalue weighted by molar-refractivity contribution is 14.1. The average Bonchev–Trinajstić information content (AvgIpc) is 2.72. The fraction of sp³-hybridized carbons (Fsp3) is 0.273. The van der Waals surface area contributed by atoms with Gasteiger partial charge in [-0.3, -0.25) is 0 Å². The third kappa shape index (κ3) is 4.90. The number of carbonyl (C=O) groups is 2. The first-order chi connectivity index (χ1) is 14.0. The molecule has 0 bridgehead atoms. The van der Waals surface area contributed by atoms with Crippen molar-refractivity contribution in [2.45, 2.75) is 26.7 Å². The molecule has 0 amide bonds. The molecule has 3 aromatic rings. The van der Waals surface area contributed by atoms with Gasteiger partial charge in [0.2, 0.25) is 0 Å². The van der Waals surface area contributed by atoms with E-state index in [0.717, 1.165) is 3.57 Å². The Labute approximate surface area is 182 Å². The number of hydrogen-bond donors (Lipinski definition) is 0. The van der Waals surface area contributed by atoms with Crippen LogP contribution in [0.1, 0.15) is 26.7 Å². The molecule has 0 aromatic heterocycles. The summed E-state index contributed by atoms with van der Waals surface area (Å²) in [6.45, 7) is 4.36. The molecule has 0 radical (unpaired) electrons. The number of benzene rings is 3. The van der Waals surface area contributed by atoms with Gasteiger partial charge in [0.25, 0.3) is 0 Å². The van der Waals surface area contributed by atoms with Crippen LogP contribution in [-0.2, 0) is 9.47 Å². The van der Waals surface area contributed by atoms with Crippen molar-refractivity contribution in [2.24, 2.45) is 0 Å². The second kappa shape index (κ2) is 9.78. The van der Waals surface area contributed by atoms with E-state index in [1.165, 1.54) is 0 Å². The van der Waals surface area contributed by atoms with Gasteiger partial charge in [-0.25, -0.2) is 9.59 Å². The average molecular weight is 508 g/mol. The highest BCUT2D eigenvalue weighted by Crippen LogP contribution is 2.43. The molecule has 0 saturated carbocycles. The van der Waals surface area contributed by atoms with Crippen molar-refractivity contribution in [1.82, 2.24) is 0 Å². The fourth-order valence-corrected chi connectivity index (χ4v) is 3.38. The molecule has 7 heteroatoms. The van der Waals surface area contributed by atoms with Gasteiger partial charge in [-0.05, 0) is 53.6 Å². The quantitative estimate of drug-likeness (QED) is 0.165. The zero-order valence-corrected chi connectivity index (χ0v) is 18.4. The molecule has 0 fully saturated rings. The molecule has 6 nitrogen and oxygen atoms in total. The van der Waals surface area contributed by atoms with Crippen LogP contribution in [0.4, 0.5) is 9.59 Å². The number of carbonyl (C=O) groups excluding carboxylic acids is 2. The van der Waals surface area contributed by atoms with E-state index in [2.05, 4.69) is 22.6 Å². The number of halogens is 1. The summed E-state index contributed by atoms with van der Waals surface area (Å²) in [5, 5.41) is 2.54. The summed E-state index contributed by atoms with van der Waals surface area (Å²) in [4.78, 5) is 24.3. The molecular weight excluding hydrogens is 487 g/mol. The Morgan fingerprint density at radius 2 is 1.24 bits per heavy atom. The largest absolute Gasteiger partial charge is 0.513 e. The Morgan fingerprint density at radius 3 is 1.76 bits per heavy atom. The molecule has 3 aromatic carbocycles. The Hall–Kier alpha value is -2.55. The van der Waals surface area contributed by atoms with Crippen LogP contribution >= 0.6 is 22.6 Å². The van der Waals surface area contributed by atoms with E-state index in [4.69, 9.17) is 18.9 Å². The van der Waals surface area contributed by atoms with Gasteiger partial charge in [-0.1, -0.05) is 38.1 Å². The number of hydrogen-bond acceptors (Lipinski definition) is 6. The van der Waals surface area contributed by atoms with Gasteiger partial charge in [-0.2, -0.15) is 0 Å². The van der Waals surface area contributed by atoms with Crippen molar-refractivity contribution in [1.29, 1.82) is 0 Å². The van der Waals surface area contributed by atoms with Gasteiger partial charge < -0.3 is 18.9 Å². The highest BCUT2D eigenvalue weighted by Gasteiger charge is 2.21. The molecule has 0 N–H and O–H groups in total. The molecule has 29 heavy (non-hydrogen) atoms. The van der Waals surface area contributed by atoms with Crippen molar-refractivity contribution in [2.75, 3.05) is 13.2 Å². The fourth-order valence-electron chi connectivity index (χ4n) is 2.89. The number of fused-ring (bicyclic) bond motifs is 2. The van der Waals surface area contributed by atoms with E-state index >= 15 is 0 Å². The lowest BCUT2D eigenvalue weighted by molar-refractivity contribution is 0.0984. The van der Waals surface area contributed by atoms with E-state index in [9.17, 15) is 9.59 Å². The van der Waals surface area contributed by atoms with Gasteiger partial charge in [0.05, 0.1) is 13.2 Å². The molecule has 3 rings (SSSR count). The summed E-state index contributed by atoms with van der Waals surface area (Å²) in [7, 11) is 0. The van der Waals surface area contributed by atoms with E-state index in [-0.39, 0.29) is 13.2 Å². The van der Waals surface area contributed by atoms with Gasteiger partial charge in [0.1, 0.15) is 5.75 Å². The minimum absolute atomic E-state index is 0.275. The monoisotopic (exact) mass is 508 g/mol. The van der Waals surface area contributed by atoms with Gasteiger partial charge in [0.15, 0.2) is 5.75 Å². The van der Waals surface area contributed by atoms with Gasteiger partial charge in [0, 0.05) is 25.1 Å². The lowest BCUT2D eigenvalue weighted by atomic mass is 10.0. The van der Waals surface area contributed by atoms with Crippen LogP contribution in [0.5, 0.6) is 11.5 Å². The maximum atomic E-state index is 12.2. The summed E-state index contributed by atoms with van der Waals surface area (Å²) in [5.74, 6) is 0.729. The smallest absolute Gasteiger partial charge is 0.434 e. The first kappa shape index (κ1) is 21.2. The van der Waals surface area contributed by atoms with Crippen LogP contribution in [0.15, 0.2) is 42.5 Å². The summed E-state index contributed by atoms with van der Waals surface area (Å²) >= 11 is 2.18. The summed E-state index contributed by atoms with van der Waals surface area (Å²) < 4.78 is 22.3. The molecule has 0 aliphatic rings. The standard InChI is InChI=1S/C22H21IO6/c1-3-11-26-21(24)28-19-15-7-5-6-8-16(15)20(29-22(25)27-12-4-2)18-13-14(23)9-10-17(18)19/h5-10,13H,3-4,11-12H2,1-2H3. The van der Waals surface area contributed by atoms with Crippen molar-refractivity contribution in [3.05, 3.63) is 46.0 Å². The summed E-state index contributed by atoms with van der Waals surface area (Å²) in [6.07, 6.45) is -0.149. The maximum absolute atomic E-state index is 12.2. The van der Waals surface area contributed by atoms with Crippen LogP contribution in [0.25, 0.3) is 21.5 Å². The van der Waals surface area contributed by atoms with E-state index in [1.807, 2.05) is 44.2 Å². The molecule has 0 saturated heterocycles. The molecule has 0 aliphatic heterocycles. The van der Waals surface area contributed by atoms with E-state index < -0.39 is 12.3 Å². The topological polar surface area (TPSA) is 71.1 Å². The molecule has 152 valence electrons. The van der Waals surface area contributed by atoms with Crippen molar-refractivity contribution >= 4 is 56.4 Å². The minimum Gasteiger partial charge on any atom is -0.434 e. The molecular formula is C22H21IO6. The molecule has 0 atom stereocenters. The second-order valence-electron chi connectivity index (χ2n) is 6.29. The van der Waals surface area contributed by atoms with Crippen LogP contribution in [0, 0.1) is 3.57 Å². The van der Waals surface area contributed by atoms with Crippen LogP contribution in [0.2, 0.25) is 0 Å². The number of rotatable bonds is 6. The first-order valence-electron chi connectivity index (χ1n) is 9.38. The summed E-state index contributed by atoms with van der Waals surface area (Å²) in [5.41, 5.74) is 0. The Kier molecular flexibility index (Phi) is 7.13. The predicted octanol–water partition coefficient (Wildman–Crippen LogP) is 6.45. The van der Waals surface area contributed by atoms with Crippen molar-refractivity contribution in [3.8, 4) is 11.5 Å². The number of ether oxygens (including phenoxy) is 4. The van der Waals surface area contributed by atoms with Crippen LogP contribution < -0.4 is 9.47 Å². The zero-order chi connectivity index (χ0) is 20.8. The van der Waals surface area contributed by atoms with Gasteiger partial charge >= 0.3 is 12.3 Å². The second-order valence-corrected chi connectivity index (χ2v) is 7.54. The minimum atomic E-state index is -0.770. The molecule has 0 heterocycles. The summed E-state index contributed by atoms with van der Waals surface area (Å²) in [6, 6.07) is 12.9. The van der Waals surface area contributed by atoms with Crippen LogP contribution in [0.3, 0.4) is 0 Å². The maximum Gasteiger partial charge on any atom is 0.513 e. The molecule has 0 spiro atoms. The first-order valence-corrected chi connectivity index (χ1v) is 10.5. The Balaban J connectivity index is 2.17. The normalized spacial score (nSPS) is 10.7. The van der Waals surface area contributed by atoms with Crippen LogP contribution in [-0.4, -0.2) is 25.5 Å². The highest BCUT2D eigenvalue weighted by atomic mass is 127. The molecule has 0 aliphatic carbocycles. The van der Waals surface area contributed by atoms with Crippen molar-refractivity contribution < 1.29 is 28.5 Å². The predicted molar refractivity (Wildman–Crippen MR) is 119 cm³/mol. The zero-order valence-electron chi connectivity index (χ0n) is 16.2. The van der Waals surface area contributed by atoms with Crippen molar-refractivity contribution in [3.63, 3.8) is 0 Å². The third-order valence-corrected chi connectivity index (χ3v) is 4.78. The lowest BCUT2D eigenvalue weighted by Crippen LogP contribution is -2.13. The lowest BCUT2D eigenvalue weighted by Gasteiger charge is -2.16. The van der Waals surface area contributed by atoms with E-state index in [0.29, 0.717) is 45.9 Å². The Morgan fingerprint density at radius 1 is 0.759 bits per heavy atom. The SMILES string of the molecule is CCCOC(=O)Oc1c2ccccc2c(OC(=O)OCCC)c2cc(I)ccc12. The van der Waals surface area contributed by atoms with E-state index in [1.54, 1.807) is 12.1 Å². The van der Waals surface area contributed by atoms with Gasteiger partial charge in [-0.15, -0.1) is 0 Å². The molecule has 0 unspecified atom stereocenters. The Bertz CT molecular complexity index is 1050.